The van der Waals surface area contributed by atoms with Crippen molar-refractivity contribution in [1.29, 1.82) is 5.26 Å². The minimum absolute atomic E-state index is 0.211. The van der Waals surface area contributed by atoms with Gasteiger partial charge in [-0.3, -0.25) is 0 Å². The Kier molecular flexibility index (Phi) is 3.87. The number of alkyl halides is 1. The number of hydrogen-bond acceptors (Lipinski definition) is 2. The molecule has 1 aromatic carbocycles. The van der Waals surface area contributed by atoms with Crippen LogP contribution in [0.1, 0.15) is 34.0 Å². The van der Waals surface area contributed by atoms with E-state index in [9.17, 15) is 4.79 Å². The molecule has 0 aliphatic rings. The van der Waals surface area contributed by atoms with Gasteiger partial charge < -0.3 is 5.11 Å². The highest BCUT2D eigenvalue weighted by Crippen LogP contribution is 2.21. The summed E-state index contributed by atoms with van der Waals surface area (Å²) in [6.45, 7) is 1.94. The lowest BCUT2D eigenvalue weighted by Crippen LogP contribution is -2.05. The molecule has 0 unspecified atom stereocenters. The zero-order valence-electron chi connectivity index (χ0n) is 8.25. The number of hydrogen-bond donors (Lipinski definition) is 1. The van der Waals surface area contributed by atoms with Gasteiger partial charge in [-0.25, -0.2) is 4.79 Å². The van der Waals surface area contributed by atoms with Crippen molar-refractivity contribution in [3.8, 4) is 6.07 Å². The van der Waals surface area contributed by atoms with E-state index >= 15 is 0 Å². The predicted octanol–water partition coefficient (Wildman–Crippen LogP) is 2.71. The van der Waals surface area contributed by atoms with Crippen molar-refractivity contribution < 1.29 is 9.90 Å². The Hall–Kier alpha value is -1.34. The second-order valence-corrected chi connectivity index (χ2v) is 3.63. The number of carboxylic acids is 1. The first-order chi connectivity index (χ1) is 7.13. The Balaban J connectivity index is 3.47. The molecule has 0 atom stereocenters. The molecule has 0 fully saturated rings. The van der Waals surface area contributed by atoms with Crippen molar-refractivity contribution >= 4 is 21.9 Å². The molecule has 78 valence electrons. The van der Waals surface area contributed by atoms with E-state index in [0.29, 0.717) is 10.9 Å². The van der Waals surface area contributed by atoms with Gasteiger partial charge in [-0.15, -0.1) is 0 Å². The van der Waals surface area contributed by atoms with E-state index in [1.807, 2.05) is 13.0 Å². The van der Waals surface area contributed by atoms with Crippen LogP contribution in [-0.2, 0) is 11.8 Å². The Morgan fingerprint density at radius 3 is 2.67 bits per heavy atom. The average Bonchev–Trinajstić information content (AvgIpc) is 2.26. The number of carbonyl (C=O) groups is 1. The van der Waals surface area contributed by atoms with Crippen LogP contribution in [0.5, 0.6) is 0 Å². The van der Waals surface area contributed by atoms with E-state index in [-0.39, 0.29) is 5.56 Å². The standard InChI is InChI=1S/C11H10BrNO2/c1-2-8-3-7(6-13)4-9(11(14)15)10(8)5-12/h3-4H,2,5H2,1H3,(H,14,15). The van der Waals surface area contributed by atoms with Crippen LogP contribution in [0.15, 0.2) is 12.1 Å². The highest BCUT2D eigenvalue weighted by atomic mass is 79.9. The summed E-state index contributed by atoms with van der Waals surface area (Å²) in [5.41, 5.74) is 2.27. The fourth-order valence-corrected chi connectivity index (χ4v) is 2.12. The maximum absolute atomic E-state index is 11.0. The minimum atomic E-state index is -0.990. The van der Waals surface area contributed by atoms with Crippen LogP contribution in [0.4, 0.5) is 0 Å². The molecule has 1 N–H and O–H groups in total. The summed E-state index contributed by atoms with van der Waals surface area (Å²) in [4.78, 5) is 11.0. The molecule has 3 nitrogen and oxygen atoms in total. The van der Waals surface area contributed by atoms with Gasteiger partial charge in [0.25, 0.3) is 0 Å². The SMILES string of the molecule is CCc1cc(C#N)cc(C(=O)O)c1CBr. The zero-order chi connectivity index (χ0) is 11.4. The summed E-state index contributed by atoms with van der Waals surface area (Å²) in [5.74, 6) is -0.990. The topological polar surface area (TPSA) is 61.1 Å². The number of rotatable bonds is 3. The van der Waals surface area contributed by atoms with Gasteiger partial charge in [0, 0.05) is 5.33 Å². The first kappa shape index (κ1) is 11.7. The molecule has 0 saturated carbocycles. The molecule has 0 aromatic heterocycles. The Bertz CT molecular complexity index is 435. The maximum atomic E-state index is 11.0. The van der Waals surface area contributed by atoms with Gasteiger partial charge in [0.2, 0.25) is 0 Å². The summed E-state index contributed by atoms with van der Waals surface area (Å²) in [6.07, 6.45) is 0.719. The molecule has 1 aromatic rings. The average molecular weight is 268 g/mol. The quantitative estimate of drug-likeness (QED) is 0.857. The monoisotopic (exact) mass is 267 g/mol. The van der Waals surface area contributed by atoms with Gasteiger partial charge in [-0.2, -0.15) is 5.26 Å². The highest BCUT2D eigenvalue weighted by molar-refractivity contribution is 9.08. The van der Waals surface area contributed by atoms with Crippen LogP contribution >= 0.6 is 15.9 Å². The van der Waals surface area contributed by atoms with E-state index < -0.39 is 5.97 Å². The Labute approximate surface area is 96.5 Å². The zero-order valence-corrected chi connectivity index (χ0v) is 9.84. The van der Waals surface area contributed by atoms with Gasteiger partial charge >= 0.3 is 5.97 Å². The number of benzene rings is 1. The number of nitrogens with zero attached hydrogens (tertiary/aromatic N) is 1. The van der Waals surface area contributed by atoms with E-state index in [2.05, 4.69) is 15.9 Å². The third-order valence-corrected chi connectivity index (χ3v) is 2.78. The first-order valence-corrected chi connectivity index (χ1v) is 5.61. The van der Waals surface area contributed by atoms with Crippen molar-refractivity contribution in [2.75, 3.05) is 0 Å². The highest BCUT2D eigenvalue weighted by Gasteiger charge is 2.14. The molecular formula is C11H10BrNO2. The van der Waals surface area contributed by atoms with E-state index in [1.54, 1.807) is 6.07 Å². The van der Waals surface area contributed by atoms with Crippen molar-refractivity contribution in [2.45, 2.75) is 18.7 Å². The number of aromatic carboxylic acids is 1. The van der Waals surface area contributed by atoms with Crippen LogP contribution in [0, 0.1) is 11.3 Å². The number of nitriles is 1. The van der Waals surface area contributed by atoms with Crippen molar-refractivity contribution in [1.82, 2.24) is 0 Å². The summed E-state index contributed by atoms with van der Waals surface area (Å²) in [5, 5.41) is 18.3. The summed E-state index contributed by atoms with van der Waals surface area (Å²) in [7, 11) is 0. The van der Waals surface area contributed by atoms with Crippen LogP contribution < -0.4 is 0 Å². The Morgan fingerprint density at radius 2 is 2.27 bits per heavy atom. The second kappa shape index (κ2) is 4.94. The van der Waals surface area contributed by atoms with E-state index in [0.717, 1.165) is 17.5 Å². The number of aryl methyl sites for hydroxylation is 1. The van der Waals surface area contributed by atoms with E-state index in [1.165, 1.54) is 6.07 Å². The van der Waals surface area contributed by atoms with Gasteiger partial charge in [0.05, 0.1) is 17.2 Å². The van der Waals surface area contributed by atoms with Gasteiger partial charge in [-0.05, 0) is 29.7 Å². The van der Waals surface area contributed by atoms with Crippen LogP contribution in [0.3, 0.4) is 0 Å². The molecule has 0 heterocycles. The fourth-order valence-electron chi connectivity index (χ4n) is 1.46. The lowest BCUT2D eigenvalue weighted by atomic mass is 9.97. The molecule has 0 bridgehead atoms. The third kappa shape index (κ3) is 2.37. The van der Waals surface area contributed by atoms with Crippen molar-refractivity contribution in [3.63, 3.8) is 0 Å². The molecule has 0 aliphatic carbocycles. The van der Waals surface area contributed by atoms with Gasteiger partial charge in [0.1, 0.15) is 0 Å². The molecule has 1 rings (SSSR count). The molecule has 0 saturated heterocycles. The summed E-state index contributed by atoms with van der Waals surface area (Å²) in [6, 6.07) is 5.12. The van der Waals surface area contributed by atoms with Crippen LogP contribution in [-0.4, -0.2) is 11.1 Å². The first-order valence-electron chi connectivity index (χ1n) is 4.49. The number of halogens is 1. The lowest BCUT2D eigenvalue weighted by molar-refractivity contribution is 0.0696. The minimum Gasteiger partial charge on any atom is -0.478 e. The summed E-state index contributed by atoms with van der Waals surface area (Å²) >= 11 is 3.27. The normalized spacial score (nSPS) is 9.67. The molecular weight excluding hydrogens is 258 g/mol. The molecule has 15 heavy (non-hydrogen) atoms. The largest absolute Gasteiger partial charge is 0.478 e. The summed E-state index contributed by atoms with van der Waals surface area (Å²) < 4.78 is 0. The van der Waals surface area contributed by atoms with Crippen molar-refractivity contribution in [2.24, 2.45) is 0 Å². The molecule has 0 radical (unpaired) electrons. The third-order valence-electron chi connectivity index (χ3n) is 2.22. The van der Waals surface area contributed by atoms with Gasteiger partial charge in [-0.1, -0.05) is 22.9 Å². The van der Waals surface area contributed by atoms with E-state index in [4.69, 9.17) is 10.4 Å². The number of carboxylic acid groups (broad SMARTS) is 1. The van der Waals surface area contributed by atoms with Gasteiger partial charge in [0.15, 0.2) is 0 Å². The van der Waals surface area contributed by atoms with Crippen LogP contribution in [0.2, 0.25) is 0 Å². The second-order valence-electron chi connectivity index (χ2n) is 3.07. The lowest BCUT2D eigenvalue weighted by Gasteiger charge is -2.09. The smallest absolute Gasteiger partial charge is 0.336 e. The fraction of sp³-hybridized carbons (Fsp3) is 0.273. The molecule has 0 amide bonds. The Morgan fingerprint density at radius 1 is 1.60 bits per heavy atom. The van der Waals surface area contributed by atoms with Crippen LogP contribution in [0.25, 0.3) is 0 Å². The predicted molar refractivity (Wildman–Crippen MR) is 60.1 cm³/mol. The molecule has 0 spiro atoms. The van der Waals surface area contributed by atoms with Crippen molar-refractivity contribution in [3.05, 3.63) is 34.4 Å². The maximum Gasteiger partial charge on any atom is 0.336 e. The molecule has 0 aliphatic heterocycles. The molecule has 4 heteroatoms.